The number of benzene rings is 2. The number of ketones is 1. The van der Waals surface area contributed by atoms with Gasteiger partial charge in [0.05, 0.1) is 0 Å². The Balaban J connectivity index is 1.98. The van der Waals surface area contributed by atoms with E-state index in [9.17, 15) is 9.59 Å². The molecule has 27 heavy (non-hydrogen) atoms. The van der Waals surface area contributed by atoms with Crippen molar-refractivity contribution in [3.63, 3.8) is 0 Å². The molecule has 3 aromatic rings. The molecule has 0 saturated carbocycles. The van der Waals surface area contributed by atoms with Gasteiger partial charge in [0.15, 0.2) is 11.9 Å². The first-order chi connectivity index (χ1) is 12.9. The van der Waals surface area contributed by atoms with Crippen LogP contribution in [0.2, 0.25) is 5.02 Å². The SMILES string of the molecule is CC(=O)c1c(C)[nH]c(C(=O)OC(c2ccccc2)c2ccc(Cl)cc2)c1C. The summed E-state index contributed by atoms with van der Waals surface area (Å²) < 4.78 is 5.85. The maximum absolute atomic E-state index is 12.9. The monoisotopic (exact) mass is 381 g/mol. The van der Waals surface area contributed by atoms with Crippen LogP contribution in [0.3, 0.4) is 0 Å². The number of esters is 1. The Labute approximate surface area is 163 Å². The Morgan fingerprint density at radius 3 is 2.11 bits per heavy atom. The lowest BCUT2D eigenvalue weighted by molar-refractivity contribution is 0.0371. The molecule has 1 N–H and O–H groups in total. The number of H-pyrrole nitrogens is 1. The van der Waals surface area contributed by atoms with E-state index in [-0.39, 0.29) is 5.78 Å². The molecule has 4 nitrogen and oxygen atoms in total. The highest BCUT2D eigenvalue weighted by molar-refractivity contribution is 6.30. The molecule has 0 saturated heterocycles. The number of halogens is 1. The van der Waals surface area contributed by atoms with Crippen LogP contribution >= 0.6 is 11.6 Å². The van der Waals surface area contributed by atoms with Crippen molar-refractivity contribution in [2.45, 2.75) is 26.9 Å². The molecule has 2 aromatic carbocycles. The predicted molar refractivity (Wildman–Crippen MR) is 105 cm³/mol. The lowest BCUT2D eigenvalue weighted by Crippen LogP contribution is -2.14. The normalized spacial score (nSPS) is 11.9. The fourth-order valence-corrected chi connectivity index (χ4v) is 3.37. The second kappa shape index (κ2) is 7.80. The number of carbonyl (C=O) groups is 2. The van der Waals surface area contributed by atoms with Gasteiger partial charge in [0.25, 0.3) is 0 Å². The molecule has 1 atom stereocenters. The Kier molecular flexibility index (Phi) is 5.47. The number of aromatic nitrogens is 1. The number of aromatic amines is 1. The van der Waals surface area contributed by atoms with Gasteiger partial charge >= 0.3 is 5.97 Å². The summed E-state index contributed by atoms with van der Waals surface area (Å²) in [5.41, 5.74) is 3.76. The predicted octanol–water partition coefficient (Wildman–Crippen LogP) is 5.43. The quantitative estimate of drug-likeness (QED) is 0.473. The molecule has 0 fully saturated rings. The van der Waals surface area contributed by atoms with Crippen LogP contribution in [-0.4, -0.2) is 16.7 Å². The maximum Gasteiger partial charge on any atom is 0.355 e. The van der Waals surface area contributed by atoms with Gasteiger partial charge in [0.2, 0.25) is 0 Å². The van der Waals surface area contributed by atoms with Gasteiger partial charge in [-0.25, -0.2) is 4.79 Å². The van der Waals surface area contributed by atoms with E-state index in [1.54, 1.807) is 26.0 Å². The number of nitrogens with one attached hydrogen (secondary N) is 1. The summed E-state index contributed by atoms with van der Waals surface area (Å²) in [6, 6.07) is 16.7. The van der Waals surface area contributed by atoms with E-state index in [0.717, 1.165) is 11.1 Å². The average Bonchev–Trinajstić information content (AvgIpc) is 2.95. The number of hydrogen-bond acceptors (Lipinski definition) is 3. The number of ether oxygens (including phenoxy) is 1. The van der Waals surface area contributed by atoms with Crippen molar-refractivity contribution in [1.29, 1.82) is 0 Å². The molecule has 3 rings (SSSR count). The van der Waals surface area contributed by atoms with Gasteiger partial charge in [-0.1, -0.05) is 54.1 Å². The molecule has 0 aliphatic rings. The van der Waals surface area contributed by atoms with Crippen LogP contribution in [0.25, 0.3) is 0 Å². The summed E-state index contributed by atoms with van der Waals surface area (Å²) in [6.07, 6.45) is -0.584. The Bertz CT molecular complexity index is 975. The van der Waals surface area contributed by atoms with Crippen molar-refractivity contribution in [3.8, 4) is 0 Å². The van der Waals surface area contributed by atoms with Crippen LogP contribution in [0.5, 0.6) is 0 Å². The van der Waals surface area contributed by atoms with Crippen molar-refractivity contribution >= 4 is 23.4 Å². The largest absolute Gasteiger partial charge is 0.448 e. The molecule has 0 radical (unpaired) electrons. The standard InChI is InChI=1S/C22H20ClNO3/c1-13-19(15(3)25)14(2)24-20(13)22(26)27-21(16-7-5-4-6-8-16)17-9-11-18(23)12-10-17/h4-12,21,24H,1-3H3. The summed E-state index contributed by atoms with van der Waals surface area (Å²) in [5.74, 6) is -0.593. The Morgan fingerprint density at radius 1 is 0.963 bits per heavy atom. The van der Waals surface area contributed by atoms with Crippen LogP contribution < -0.4 is 0 Å². The van der Waals surface area contributed by atoms with Crippen molar-refractivity contribution < 1.29 is 14.3 Å². The van der Waals surface area contributed by atoms with Gasteiger partial charge in [-0.15, -0.1) is 0 Å². The first kappa shape index (κ1) is 18.9. The van der Waals surface area contributed by atoms with E-state index in [4.69, 9.17) is 16.3 Å². The van der Waals surface area contributed by atoms with Gasteiger partial charge in [0, 0.05) is 16.3 Å². The fraction of sp³-hybridized carbons (Fsp3) is 0.182. The van der Waals surface area contributed by atoms with Crippen molar-refractivity contribution in [3.05, 3.63) is 93.3 Å². The van der Waals surface area contributed by atoms with Gasteiger partial charge < -0.3 is 9.72 Å². The lowest BCUT2D eigenvalue weighted by Gasteiger charge is -2.19. The van der Waals surface area contributed by atoms with Gasteiger partial charge in [-0.2, -0.15) is 0 Å². The smallest absolute Gasteiger partial charge is 0.355 e. The molecular formula is C22H20ClNO3. The molecule has 138 valence electrons. The molecule has 5 heteroatoms. The molecule has 1 heterocycles. The topological polar surface area (TPSA) is 59.2 Å². The third-order valence-corrected chi connectivity index (χ3v) is 4.75. The first-order valence-electron chi connectivity index (χ1n) is 8.60. The Hall–Kier alpha value is -2.85. The summed E-state index contributed by atoms with van der Waals surface area (Å²) in [7, 11) is 0. The zero-order valence-electron chi connectivity index (χ0n) is 15.4. The highest BCUT2D eigenvalue weighted by Gasteiger charge is 2.25. The summed E-state index contributed by atoms with van der Waals surface area (Å²) in [6.45, 7) is 5.00. The summed E-state index contributed by atoms with van der Waals surface area (Å²) >= 11 is 5.99. The molecule has 0 aliphatic heterocycles. The van der Waals surface area contributed by atoms with Gasteiger partial charge in [-0.05, 0) is 49.6 Å². The average molecular weight is 382 g/mol. The molecule has 1 aromatic heterocycles. The van der Waals surface area contributed by atoms with Crippen molar-refractivity contribution in [2.24, 2.45) is 0 Å². The van der Waals surface area contributed by atoms with Crippen LogP contribution in [0, 0.1) is 13.8 Å². The lowest BCUT2D eigenvalue weighted by atomic mass is 10.0. The molecule has 0 amide bonds. The van der Waals surface area contributed by atoms with Crippen LogP contribution in [0.15, 0.2) is 54.6 Å². The third kappa shape index (κ3) is 3.96. The van der Waals surface area contributed by atoms with Gasteiger partial charge in [0.1, 0.15) is 5.69 Å². The highest BCUT2D eigenvalue weighted by atomic mass is 35.5. The molecule has 0 aliphatic carbocycles. The third-order valence-electron chi connectivity index (χ3n) is 4.49. The number of aryl methyl sites for hydroxylation is 1. The summed E-state index contributed by atoms with van der Waals surface area (Å²) in [5, 5.41) is 0.610. The number of rotatable bonds is 5. The van der Waals surface area contributed by atoms with E-state index in [2.05, 4.69) is 4.98 Å². The zero-order valence-corrected chi connectivity index (χ0v) is 16.1. The second-order valence-corrected chi connectivity index (χ2v) is 6.87. The second-order valence-electron chi connectivity index (χ2n) is 6.43. The number of Topliss-reactive ketones (excluding diaryl/α,β-unsaturated/α-hetero) is 1. The molecular weight excluding hydrogens is 362 g/mol. The van der Waals surface area contributed by atoms with Crippen molar-refractivity contribution in [2.75, 3.05) is 0 Å². The summed E-state index contributed by atoms with van der Waals surface area (Å²) in [4.78, 5) is 27.7. The van der Waals surface area contributed by atoms with Crippen LogP contribution in [-0.2, 0) is 4.74 Å². The highest BCUT2D eigenvalue weighted by Crippen LogP contribution is 2.29. The maximum atomic E-state index is 12.9. The van der Waals surface area contributed by atoms with Crippen LogP contribution in [0.1, 0.15) is 56.3 Å². The minimum atomic E-state index is -0.584. The van der Waals surface area contributed by atoms with E-state index in [1.165, 1.54) is 6.92 Å². The Morgan fingerprint density at radius 2 is 1.56 bits per heavy atom. The van der Waals surface area contributed by atoms with E-state index in [1.807, 2.05) is 42.5 Å². The van der Waals surface area contributed by atoms with Crippen LogP contribution in [0.4, 0.5) is 0 Å². The van der Waals surface area contributed by atoms with E-state index >= 15 is 0 Å². The molecule has 0 bridgehead atoms. The number of hydrogen-bond donors (Lipinski definition) is 1. The minimum absolute atomic E-state index is 0.0855. The van der Waals surface area contributed by atoms with E-state index in [0.29, 0.717) is 27.5 Å². The minimum Gasteiger partial charge on any atom is -0.448 e. The van der Waals surface area contributed by atoms with Gasteiger partial charge in [-0.3, -0.25) is 4.79 Å². The molecule has 0 spiro atoms. The first-order valence-corrected chi connectivity index (χ1v) is 8.97. The molecule has 1 unspecified atom stereocenters. The fourth-order valence-electron chi connectivity index (χ4n) is 3.24. The van der Waals surface area contributed by atoms with Crippen molar-refractivity contribution in [1.82, 2.24) is 4.98 Å². The van der Waals surface area contributed by atoms with E-state index < -0.39 is 12.1 Å². The number of carbonyl (C=O) groups excluding carboxylic acids is 2. The zero-order chi connectivity index (χ0) is 19.6.